The summed E-state index contributed by atoms with van der Waals surface area (Å²) < 4.78 is 0. The zero-order valence-corrected chi connectivity index (χ0v) is 17.8. The fraction of sp³-hybridized carbons (Fsp3) is 0.167. The van der Waals surface area contributed by atoms with E-state index < -0.39 is 29.9 Å². The summed E-state index contributed by atoms with van der Waals surface area (Å²) in [5, 5.41) is 28.2. The Kier molecular flexibility index (Phi) is 11.9. The zero-order valence-electron chi connectivity index (χ0n) is 17.8. The van der Waals surface area contributed by atoms with E-state index in [2.05, 4.69) is 5.32 Å². The first kappa shape index (κ1) is 26.8. The third-order valence-corrected chi connectivity index (χ3v) is 4.13. The average molecular weight is 454 g/mol. The minimum Gasteiger partial charge on any atom is -0.481 e. The molecular formula is C24H26N2O7. The molecule has 2 aromatic carbocycles. The Morgan fingerprint density at radius 2 is 1.48 bits per heavy atom. The first-order chi connectivity index (χ1) is 15.7. The molecule has 0 heterocycles. The number of carbonyl (C=O) groups excluding carboxylic acids is 1. The molecule has 0 aliphatic rings. The highest BCUT2D eigenvalue weighted by molar-refractivity contribution is 6.15. The van der Waals surface area contributed by atoms with Gasteiger partial charge in [0.1, 0.15) is 6.04 Å². The highest BCUT2D eigenvalue weighted by atomic mass is 16.4. The van der Waals surface area contributed by atoms with Crippen LogP contribution >= 0.6 is 0 Å². The van der Waals surface area contributed by atoms with Gasteiger partial charge in [-0.15, -0.1) is 0 Å². The lowest BCUT2D eigenvalue weighted by atomic mass is 10.1. The normalized spacial score (nSPS) is 11.7. The van der Waals surface area contributed by atoms with Gasteiger partial charge in [0.2, 0.25) is 5.91 Å². The van der Waals surface area contributed by atoms with Crippen LogP contribution in [-0.2, 0) is 19.2 Å². The number of hydrogen-bond donors (Lipinski definition) is 5. The number of rotatable bonds is 10. The van der Waals surface area contributed by atoms with Crippen LogP contribution in [0, 0.1) is 0 Å². The second kappa shape index (κ2) is 14.7. The van der Waals surface area contributed by atoms with Crippen LogP contribution < -0.4 is 11.1 Å². The predicted octanol–water partition coefficient (Wildman–Crippen LogP) is 2.25. The summed E-state index contributed by atoms with van der Waals surface area (Å²) in [5.41, 5.74) is 6.98. The third-order valence-electron chi connectivity index (χ3n) is 4.13. The highest BCUT2D eigenvalue weighted by Gasteiger charge is 2.19. The maximum absolute atomic E-state index is 11.2. The second-order valence-corrected chi connectivity index (χ2v) is 6.62. The SMILES string of the molecule is NCC(=O)N[C@@H](CCC(=O)O)C(=O)O.O=C(O)C(=CC=Cc1ccccc1)c1ccccc1. The maximum atomic E-state index is 11.2. The van der Waals surface area contributed by atoms with Crippen LogP contribution in [0.25, 0.3) is 11.6 Å². The fourth-order valence-corrected chi connectivity index (χ4v) is 2.51. The van der Waals surface area contributed by atoms with Crippen molar-refractivity contribution in [3.8, 4) is 0 Å². The van der Waals surface area contributed by atoms with Crippen molar-refractivity contribution in [3.05, 3.63) is 83.9 Å². The molecule has 33 heavy (non-hydrogen) atoms. The lowest BCUT2D eigenvalue weighted by molar-refractivity contribution is -0.142. The van der Waals surface area contributed by atoms with Gasteiger partial charge in [0.25, 0.3) is 0 Å². The third kappa shape index (κ3) is 11.1. The molecule has 2 rings (SSSR count). The van der Waals surface area contributed by atoms with Crippen molar-refractivity contribution < 1.29 is 34.5 Å². The van der Waals surface area contributed by atoms with Crippen molar-refractivity contribution in [2.24, 2.45) is 5.73 Å². The fourth-order valence-electron chi connectivity index (χ4n) is 2.51. The van der Waals surface area contributed by atoms with E-state index in [1.54, 1.807) is 24.3 Å². The van der Waals surface area contributed by atoms with Crippen molar-refractivity contribution >= 4 is 35.5 Å². The van der Waals surface area contributed by atoms with E-state index in [0.29, 0.717) is 5.56 Å². The first-order valence-corrected chi connectivity index (χ1v) is 9.90. The summed E-state index contributed by atoms with van der Waals surface area (Å²) in [6.07, 6.45) is 4.78. The van der Waals surface area contributed by atoms with E-state index in [9.17, 15) is 24.3 Å². The molecule has 0 bridgehead atoms. The molecule has 174 valence electrons. The maximum Gasteiger partial charge on any atom is 0.336 e. The smallest absolute Gasteiger partial charge is 0.336 e. The van der Waals surface area contributed by atoms with Crippen molar-refractivity contribution in [1.82, 2.24) is 5.32 Å². The molecule has 1 atom stereocenters. The quantitative estimate of drug-likeness (QED) is 0.269. The van der Waals surface area contributed by atoms with E-state index in [1.807, 2.05) is 54.6 Å². The molecule has 2 aromatic rings. The van der Waals surface area contributed by atoms with E-state index in [0.717, 1.165) is 5.56 Å². The van der Waals surface area contributed by atoms with E-state index in [-0.39, 0.29) is 25.0 Å². The summed E-state index contributed by atoms with van der Waals surface area (Å²) in [6, 6.07) is 17.7. The number of nitrogens with one attached hydrogen (secondary N) is 1. The van der Waals surface area contributed by atoms with Crippen molar-refractivity contribution in [3.63, 3.8) is 0 Å². The molecule has 0 aliphatic heterocycles. The summed E-state index contributed by atoms with van der Waals surface area (Å²) in [7, 11) is 0. The average Bonchev–Trinajstić information content (AvgIpc) is 2.80. The van der Waals surface area contributed by atoms with Gasteiger partial charge in [-0.1, -0.05) is 72.8 Å². The van der Waals surface area contributed by atoms with Crippen LogP contribution in [0.4, 0.5) is 0 Å². The van der Waals surface area contributed by atoms with Gasteiger partial charge >= 0.3 is 17.9 Å². The summed E-state index contributed by atoms with van der Waals surface area (Å²) in [5.74, 6) is -3.93. The number of amides is 1. The molecule has 0 radical (unpaired) electrons. The van der Waals surface area contributed by atoms with Crippen LogP contribution in [0.3, 0.4) is 0 Å². The molecule has 9 heteroatoms. The van der Waals surface area contributed by atoms with Crippen molar-refractivity contribution in [2.75, 3.05) is 6.54 Å². The standard InChI is InChI=1S/C17H14O2.C7H12N2O5/c18-17(19)16(15-11-5-2-6-12-15)13-7-10-14-8-3-1-4-9-14;8-3-5(10)9-4(7(13)14)1-2-6(11)12/h1-13H,(H,18,19);4H,1-3,8H2,(H,9,10)(H,11,12)(H,13,14)/t;4-/m.0/s1. The Balaban J connectivity index is 0.000000349. The minimum absolute atomic E-state index is 0.156. The molecule has 0 fully saturated rings. The number of hydrogen-bond acceptors (Lipinski definition) is 5. The summed E-state index contributed by atoms with van der Waals surface area (Å²) in [6.45, 7) is -0.323. The molecular weight excluding hydrogens is 428 g/mol. The lowest BCUT2D eigenvalue weighted by Gasteiger charge is -2.12. The van der Waals surface area contributed by atoms with Gasteiger partial charge in [0, 0.05) is 6.42 Å². The number of allylic oxidation sites excluding steroid dienone is 2. The van der Waals surface area contributed by atoms with Crippen LogP contribution in [0.5, 0.6) is 0 Å². The Morgan fingerprint density at radius 1 is 0.909 bits per heavy atom. The molecule has 9 nitrogen and oxygen atoms in total. The molecule has 6 N–H and O–H groups in total. The molecule has 0 saturated heterocycles. The molecule has 0 aliphatic carbocycles. The summed E-state index contributed by atoms with van der Waals surface area (Å²) >= 11 is 0. The Morgan fingerprint density at radius 3 is 1.97 bits per heavy atom. The van der Waals surface area contributed by atoms with E-state index in [4.69, 9.17) is 15.9 Å². The lowest BCUT2D eigenvalue weighted by Crippen LogP contribution is -2.43. The number of carbonyl (C=O) groups is 4. The molecule has 0 saturated carbocycles. The largest absolute Gasteiger partial charge is 0.481 e. The highest BCUT2D eigenvalue weighted by Crippen LogP contribution is 2.14. The van der Waals surface area contributed by atoms with Crippen molar-refractivity contribution in [1.29, 1.82) is 0 Å². The van der Waals surface area contributed by atoms with Gasteiger partial charge in [0.05, 0.1) is 12.1 Å². The van der Waals surface area contributed by atoms with Crippen molar-refractivity contribution in [2.45, 2.75) is 18.9 Å². The van der Waals surface area contributed by atoms with E-state index in [1.165, 1.54) is 0 Å². The number of carboxylic acids is 3. The van der Waals surface area contributed by atoms with Crippen LogP contribution in [0.2, 0.25) is 0 Å². The summed E-state index contributed by atoms with van der Waals surface area (Å²) in [4.78, 5) is 42.6. The van der Waals surface area contributed by atoms with Crippen LogP contribution in [-0.4, -0.2) is 51.7 Å². The van der Waals surface area contributed by atoms with Gasteiger partial charge in [0.15, 0.2) is 0 Å². The number of carboxylic acid groups (broad SMARTS) is 3. The van der Waals surface area contributed by atoms with Gasteiger partial charge in [-0.05, 0) is 23.6 Å². The molecule has 0 spiro atoms. The second-order valence-electron chi connectivity index (χ2n) is 6.62. The number of nitrogens with two attached hydrogens (primary N) is 1. The topological polar surface area (TPSA) is 167 Å². The Hall–Kier alpha value is -4.24. The minimum atomic E-state index is -1.27. The zero-order chi connectivity index (χ0) is 24.6. The Labute approximate surface area is 190 Å². The van der Waals surface area contributed by atoms with Gasteiger partial charge in [-0.2, -0.15) is 0 Å². The van der Waals surface area contributed by atoms with Gasteiger partial charge in [-0.25, -0.2) is 9.59 Å². The number of benzene rings is 2. The van der Waals surface area contributed by atoms with E-state index >= 15 is 0 Å². The predicted molar refractivity (Wildman–Crippen MR) is 123 cm³/mol. The molecule has 1 amide bonds. The number of aliphatic carboxylic acids is 3. The molecule has 0 aromatic heterocycles. The van der Waals surface area contributed by atoms with Gasteiger partial charge < -0.3 is 26.4 Å². The monoisotopic (exact) mass is 454 g/mol. The molecule has 0 unspecified atom stereocenters. The van der Waals surface area contributed by atoms with Crippen LogP contribution in [0.15, 0.2) is 72.8 Å². The van der Waals surface area contributed by atoms with Gasteiger partial charge in [-0.3, -0.25) is 9.59 Å². The Bertz CT molecular complexity index is 986. The first-order valence-electron chi connectivity index (χ1n) is 9.90. The van der Waals surface area contributed by atoms with Crippen LogP contribution in [0.1, 0.15) is 24.0 Å².